The van der Waals surface area contributed by atoms with Gasteiger partial charge in [-0.25, -0.2) is 15.0 Å². The molecule has 3 aromatic heterocycles. The summed E-state index contributed by atoms with van der Waals surface area (Å²) < 4.78 is 0. The fourth-order valence-electron chi connectivity index (χ4n) is 1.44. The van der Waals surface area contributed by atoms with Gasteiger partial charge in [-0.1, -0.05) is 0 Å². The van der Waals surface area contributed by atoms with Crippen LogP contribution in [-0.2, 0) is 0 Å². The van der Waals surface area contributed by atoms with Crippen molar-refractivity contribution in [2.75, 3.05) is 12.4 Å². The quantitative estimate of drug-likeness (QED) is 0.685. The monoisotopic (exact) mass is 259 g/mol. The average Bonchev–Trinajstić information content (AvgIpc) is 2.88. The fourth-order valence-corrected chi connectivity index (χ4v) is 2.25. The summed E-state index contributed by atoms with van der Waals surface area (Å²) in [4.78, 5) is 16.7. The van der Waals surface area contributed by atoms with E-state index in [2.05, 4.69) is 35.5 Å². The van der Waals surface area contributed by atoms with E-state index in [1.807, 2.05) is 6.07 Å². The predicted molar refractivity (Wildman–Crippen MR) is 67.4 cm³/mol. The van der Waals surface area contributed by atoms with Gasteiger partial charge in [0.2, 0.25) is 5.95 Å². The Kier molecular flexibility index (Phi) is 2.77. The van der Waals surface area contributed by atoms with Crippen molar-refractivity contribution in [3.8, 4) is 0 Å². The third-order valence-corrected chi connectivity index (χ3v) is 3.21. The summed E-state index contributed by atoms with van der Waals surface area (Å²) in [7, 11) is 1.77. The van der Waals surface area contributed by atoms with Crippen molar-refractivity contribution < 1.29 is 0 Å². The fraction of sp³-hybridized carbons (Fsp3) is 0.100. The van der Waals surface area contributed by atoms with Crippen LogP contribution < -0.4 is 5.32 Å². The first kappa shape index (κ1) is 10.9. The number of aromatic amines is 1. The molecule has 90 valence electrons. The highest BCUT2D eigenvalue weighted by Gasteiger charge is 2.10. The zero-order chi connectivity index (χ0) is 12.4. The van der Waals surface area contributed by atoms with Crippen molar-refractivity contribution >= 4 is 28.7 Å². The lowest BCUT2D eigenvalue weighted by atomic mass is 10.4. The number of anilines is 1. The number of hydrogen-bond acceptors (Lipinski definition) is 7. The Balaban J connectivity index is 2.07. The normalized spacial score (nSPS) is 10.7. The number of fused-ring (bicyclic) bond motifs is 1. The maximum absolute atomic E-state index is 4.41. The van der Waals surface area contributed by atoms with Crippen molar-refractivity contribution in [1.82, 2.24) is 30.1 Å². The Morgan fingerprint density at radius 1 is 1.33 bits per heavy atom. The van der Waals surface area contributed by atoms with Crippen LogP contribution in [0.3, 0.4) is 0 Å². The summed E-state index contributed by atoms with van der Waals surface area (Å²) in [6.07, 6.45) is 4.91. The molecule has 0 unspecified atom stereocenters. The highest BCUT2D eigenvalue weighted by molar-refractivity contribution is 7.99. The molecule has 0 saturated heterocycles. The average molecular weight is 259 g/mol. The molecular weight excluding hydrogens is 250 g/mol. The van der Waals surface area contributed by atoms with Gasteiger partial charge in [0.25, 0.3) is 0 Å². The van der Waals surface area contributed by atoms with E-state index in [9.17, 15) is 0 Å². The van der Waals surface area contributed by atoms with Gasteiger partial charge in [-0.2, -0.15) is 10.1 Å². The molecule has 0 radical (unpaired) electrons. The van der Waals surface area contributed by atoms with E-state index >= 15 is 0 Å². The lowest BCUT2D eigenvalue weighted by Gasteiger charge is -2.03. The van der Waals surface area contributed by atoms with Crippen molar-refractivity contribution in [3.05, 3.63) is 24.8 Å². The van der Waals surface area contributed by atoms with E-state index in [-0.39, 0.29) is 0 Å². The molecule has 0 aliphatic carbocycles. The van der Waals surface area contributed by atoms with E-state index in [0.29, 0.717) is 11.6 Å². The third-order valence-electron chi connectivity index (χ3n) is 2.25. The number of hydrogen-bond donors (Lipinski definition) is 2. The third kappa shape index (κ3) is 1.97. The maximum Gasteiger partial charge on any atom is 0.225 e. The molecule has 0 bridgehead atoms. The second kappa shape index (κ2) is 4.57. The summed E-state index contributed by atoms with van der Waals surface area (Å²) in [5, 5.41) is 12.2. The van der Waals surface area contributed by atoms with Crippen LogP contribution in [-0.4, -0.2) is 37.2 Å². The van der Waals surface area contributed by atoms with E-state index in [0.717, 1.165) is 15.4 Å². The molecule has 0 saturated carbocycles. The van der Waals surface area contributed by atoms with E-state index in [1.54, 1.807) is 19.4 Å². The SMILES string of the molecule is CNc1nc(Sc2ccncn2)c2cn[nH]c2n1. The topological polar surface area (TPSA) is 92.3 Å². The van der Waals surface area contributed by atoms with Gasteiger partial charge in [-0.3, -0.25) is 5.10 Å². The molecule has 3 rings (SSSR count). The predicted octanol–water partition coefficient (Wildman–Crippen LogP) is 1.34. The van der Waals surface area contributed by atoms with Gasteiger partial charge in [-0.15, -0.1) is 0 Å². The highest BCUT2D eigenvalue weighted by Crippen LogP contribution is 2.29. The number of nitrogens with one attached hydrogen (secondary N) is 2. The molecule has 0 spiro atoms. The Bertz CT molecular complexity index is 666. The van der Waals surface area contributed by atoms with Crippen molar-refractivity contribution in [1.29, 1.82) is 0 Å². The number of H-pyrrole nitrogens is 1. The molecule has 8 heteroatoms. The van der Waals surface area contributed by atoms with Crippen LogP contribution >= 0.6 is 11.8 Å². The van der Waals surface area contributed by atoms with E-state index < -0.39 is 0 Å². The van der Waals surface area contributed by atoms with Crippen molar-refractivity contribution in [3.63, 3.8) is 0 Å². The highest BCUT2D eigenvalue weighted by atomic mass is 32.2. The first-order valence-electron chi connectivity index (χ1n) is 5.19. The Labute approximate surface area is 106 Å². The molecule has 0 fully saturated rings. The van der Waals surface area contributed by atoms with Crippen LogP contribution in [0.2, 0.25) is 0 Å². The summed E-state index contributed by atoms with van der Waals surface area (Å²) in [6.45, 7) is 0. The first-order valence-corrected chi connectivity index (χ1v) is 6.01. The number of aromatic nitrogens is 6. The van der Waals surface area contributed by atoms with Crippen molar-refractivity contribution in [2.45, 2.75) is 10.1 Å². The minimum atomic E-state index is 0.545. The van der Waals surface area contributed by atoms with Crippen LogP contribution in [0, 0.1) is 0 Å². The molecule has 0 amide bonds. The summed E-state index contributed by atoms with van der Waals surface area (Å²) in [6, 6.07) is 1.83. The van der Waals surface area contributed by atoms with Gasteiger partial charge in [0.05, 0.1) is 11.6 Å². The van der Waals surface area contributed by atoms with Gasteiger partial charge in [-0.05, 0) is 17.8 Å². The molecular formula is C10H9N7S. The summed E-state index contributed by atoms with van der Waals surface area (Å²) in [5.41, 5.74) is 0.700. The maximum atomic E-state index is 4.41. The van der Waals surface area contributed by atoms with Crippen LogP contribution in [0.15, 0.2) is 34.8 Å². The first-order chi connectivity index (χ1) is 8.86. The molecule has 0 aliphatic heterocycles. The lowest BCUT2D eigenvalue weighted by Crippen LogP contribution is -1.98. The number of nitrogens with zero attached hydrogens (tertiary/aromatic N) is 5. The largest absolute Gasteiger partial charge is 0.357 e. The second-order valence-corrected chi connectivity index (χ2v) is 4.39. The Morgan fingerprint density at radius 2 is 2.28 bits per heavy atom. The van der Waals surface area contributed by atoms with Crippen LogP contribution in [0.5, 0.6) is 0 Å². The molecule has 7 nitrogen and oxygen atoms in total. The van der Waals surface area contributed by atoms with E-state index in [1.165, 1.54) is 18.1 Å². The zero-order valence-electron chi connectivity index (χ0n) is 9.45. The molecule has 0 atom stereocenters. The van der Waals surface area contributed by atoms with Crippen LogP contribution in [0.25, 0.3) is 11.0 Å². The smallest absolute Gasteiger partial charge is 0.225 e. The molecule has 3 heterocycles. The molecule has 3 aromatic rings. The molecule has 18 heavy (non-hydrogen) atoms. The number of rotatable bonds is 3. The van der Waals surface area contributed by atoms with Gasteiger partial charge in [0.15, 0.2) is 5.65 Å². The summed E-state index contributed by atoms with van der Waals surface area (Å²) >= 11 is 1.45. The van der Waals surface area contributed by atoms with E-state index in [4.69, 9.17) is 0 Å². The minimum absolute atomic E-state index is 0.545. The molecule has 0 aliphatic rings. The van der Waals surface area contributed by atoms with Gasteiger partial charge in [0.1, 0.15) is 16.4 Å². The minimum Gasteiger partial charge on any atom is -0.357 e. The lowest BCUT2D eigenvalue weighted by molar-refractivity contribution is 1.03. The summed E-state index contributed by atoms with van der Waals surface area (Å²) in [5.74, 6) is 0.545. The van der Waals surface area contributed by atoms with Crippen LogP contribution in [0.4, 0.5) is 5.95 Å². The van der Waals surface area contributed by atoms with Gasteiger partial charge in [0, 0.05) is 13.2 Å². The standard InChI is InChI=1S/C10H9N7S/c1-11-10-15-8-6(4-14-17-8)9(16-10)18-7-2-3-12-5-13-7/h2-5H,1H3,(H2,11,14,15,16,17). The van der Waals surface area contributed by atoms with Crippen molar-refractivity contribution in [2.24, 2.45) is 0 Å². The zero-order valence-corrected chi connectivity index (χ0v) is 10.3. The second-order valence-electron chi connectivity index (χ2n) is 3.38. The van der Waals surface area contributed by atoms with Crippen LogP contribution in [0.1, 0.15) is 0 Å². The Hall–Kier alpha value is -2.22. The molecule has 2 N–H and O–H groups in total. The van der Waals surface area contributed by atoms with Gasteiger partial charge < -0.3 is 5.32 Å². The Morgan fingerprint density at radius 3 is 3.06 bits per heavy atom. The molecule has 0 aromatic carbocycles. The van der Waals surface area contributed by atoms with Gasteiger partial charge >= 0.3 is 0 Å².